The number of pyridine rings is 1. The number of hydrogen-bond donors (Lipinski definition) is 0. The number of esters is 1. The Morgan fingerprint density at radius 1 is 1.19 bits per heavy atom. The van der Waals surface area contributed by atoms with E-state index in [9.17, 15) is 9.18 Å². The quantitative estimate of drug-likeness (QED) is 0.585. The Balaban J connectivity index is 0.00000261. The third kappa shape index (κ3) is 4.39. The fraction of sp³-hybridized carbons (Fsp3) is 0.300. The SMILES string of the molecule is COC(=O)CCn1c(C)c(C)c2nccc(OCc3ccc(F)cc3)c21.Cl. The van der Waals surface area contributed by atoms with Crippen molar-refractivity contribution in [2.24, 2.45) is 0 Å². The number of aryl methyl sites for hydroxylation is 2. The van der Waals surface area contributed by atoms with E-state index in [1.54, 1.807) is 24.4 Å². The largest absolute Gasteiger partial charge is 0.487 e. The first kappa shape index (κ1) is 20.7. The van der Waals surface area contributed by atoms with Crippen molar-refractivity contribution in [3.05, 3.63) is 59.2 Å². The average molecular weight is 393 g/mol. The van der Waals surface area contributed by atoms with Gasteiger partial charge in [0.1, 0.15) is 23.7 Å². The molecule has 0 fully saturated rings. The summed E-state index contributed by atoms with van der Waals surface area (Å²) in [5, 5.41) is 0. The molecule has 0 N–H and O–H groups in total. The molecule has 0 amide bonds. The van der Waals surface area contributed by atoms with E-state index in [2.05, 4.69) is 4.98 Å². The zero-order valence-corrected chi connectivity index (χ0v) is 16.3. The van der Waals surface area contributed by atoms with E-state index in [0.29, 0.717) is 18.9 Å². The maximum Gasteiger partial charge on any atom is 0.307 e. The van der Waals surface area contributed by atoms with Crippen LogP contribution in [0.25, 0.3) is 11.0 Å². The Bertz CT molecular complexity index is 939. The summed E-state index contributed by atoms with van der Waals surface area (Å²) in [5.74, 6) is 0.143. The van der Waals surface area contributed by atoms with Gasteiger partial charge < -0.3 is 14.0 Å². The lowest BCUT2D eigenvalue weighted by atomic mass is 10.2. The van der Waals surface area contributed by atoms with Crippen molar-refractivity contribution in [1.29, 1.82) is 0 Å². The number of rotatable bonds is 6. The molecule has 0 aliphatic heterocycles. The molecule has 0 aliphatic rings. The second-order valence-corrected chi connectivity index (χ2v) is 6.11. The second kappa shape index (κ2) is 8.86. The minimum absolute atomic E-state index is 0. The smallest absolute Gasteiger partial charge is 0.307 e. The molecule has 27 heavy (non-hydrogen) atoms. The summed E-state index contributed by atoms with van der Waals surface area (Å²) in [6, 6.07) is 8.02. The van der Waals surface area contributed by atoms with E-state index in [4.69, 9.17) is 9.47 Å². The summed E-state index contributed by atoms with van der Waals surface area (Å²) < 4.78 is 25.8. The van der Waals surface area contributed by atoms with Crippen LogP contribution in [-0.4, -0.2) is 22.6 Å². The molecule has 0 unspecified atom stereocenters. The lowest BCUT2D eigenvalue weighted by Crippen LogP contribution is -2.09. The van der Waals surface area contributed by atoms with Gasteiger partial charge in [-0.3, -0.25) is 9.78 Å². The lowest BCUT2D eigenvalue weighted by Gasteiger charge is -2.12. The molecule has 0 atom stereocenters. The predicted molar refractivity (Wildman–Crippen MR) is 104 cm³/mol. The number of halogens is 2. The van der Waals surface area contributed by atoms with Crippen molar-refractivity contribution < 1.29 is 18.7 Å². The Morgan fingerprint density at radius 3 is 2.56 bits per heavy atom. The van der Waals surface area contributed by atoms with E-state index in [1.807, 2.05) is 18.4 Å². The molecule has 0 bridgehead atoms. The fourth-order valence-electron chi connectivity index (χ4n) is 2.96. The van der Waals surface area contributed by atoms with Gasteiger partial charge in [-0.2, -0.15) is 0 Å². The van der Waals surface area contributed by atoms with Crippen LogP contribution in [0.15, 0.2) is 36.5 Å². The molecule has 3 rings (SSSR count). The number of ether oxygens (including phenoxy) is 2. The molecule has 7 heteroatoms. The average Bonchev–Trinajstić information content (AvgIpc) is 2.90. The van der Waals surface area contributed by atoms with Gasteiger partial charge in [-0.15, -0.1) is 12.4 Å². The molecule has 0 saturated carbocycles. The molecule has 5 nitrogen and oxygen atoms in total. The highest BCUT2D eigenvalue weighted by Crippen LogP contribution is 2.31. The molecular weight excluding hydrogens is 371 g/mol. The van der Waals surface area contributed by atoms with Gasteiger partial charge in [-0.05, 0) is 37.1 Å². The first-order chi connectivity index (χ1) is 12.5. The van der Waals surface area contributed by atoms with Crippen molar-refractivity contribution in [3.63, 3.8) is 0 Å². The number of hydrogen-bond acceptors (Lipinski definition) is 4. The lowest BCUT2D eigenvalue weighted by molar-refractivity contribution is -0.140. The number of benzene rings is 1. The minimum atomic E-state index is -0.275. The third-order valence-corrected chi connectivity index (χ3v) is 4.53. The van der Waals surface area contributed by atoms with Crippen LogP contribution in [0, 0.1) is 19.7 Å². The fourth-order valence-corrected chi connectivity index (χ4v) is 2.96. The first-order valence-corrected chi connectivity index (χ1v) is 8.39. The van der Waals surface area contributed by atoms with E-state index < -0.39 is 0 Å². The first-order valence-electron chi connectivity index (χ1n) is 8.39. The van der Waals surface area contributed by atoms with Crippen LogP contribution in [0.1, 0.15) is 23.2 Å². The number of carbonyl (C=O) groups is 1. The van der Waals surface area contributed by atoms with Crippen LogP contribution in [0.3, 0.4) is 0 Å². The van der Waals surface area contributed by atoms with Gasteiger partial charge in [0.15, 0.2) is 0 Å². The number of carbonyl (C=O) groups excluding carboxylic acids is 1. The van der Waals surface area contributed by atoms with Gasteiger partial charge in [0.05, 0.1) is 19.0 Å². The van der Waals surface area contributed by atoms with Crippen LogP contribution < -0.4 is 4.74 Å². The molecule has 1 aromatic carbocycles. The minimum Gasteiger partial charge on any atom is -0.487 e. The van der Waals surface area contributed by atoms with Crippen LogP contribution in [0.4, 0.5) is 4.39 Å². The van der Waals surface area contributed by atoms with Gasteiger partial charge >= 0.3 is 5.97 Å². The van der Waals surface area contributed by atoms with E-state index >= 15 is 0 Å². The van der Waals surface area contributed by atoms with Crippen LogP contribution in [-0.2, 0) is 22.7 Å². The molecule has 2 aromatic heterocycles. The van der Waals surface area contributed by atoms with Crippen molar-refractivity contribution in [2.45, 2.75) is 33.4 Å². The van der Waals surface area contributed by atoms with Gasteiger partial charge in [0.25, 0.3) is 0 Å². The van der Waals surface area contributed by atoms with Crippen molar-refractivity contribution in [2.75, 3.05) is 7.11 Å². The van der Waals surface area contributed by atoms with Crippen LogP contribution in [0.5, 0.6) is 5.75 Å². The number of nitrogens with zero attached hydrogens (tertiary/aromatic N) is 2. The molecule has 0 spiro atoms. The van der Waals surface area contributed by atoms with E-state index in [-0.39, 0.29) is 30.6 Å². The third-order valence-electron chi connectivity index (χ3n) is 4.53. The summed E-state index contributed by atoms with van der Waals surface area (Å²) >= 11 is 0. The highest BCUT2D eigenvalue weighted by molar-refractivity contribution is 5.86. The van der Waals surface area contributed by atoms with Gasteiger partial charge in [0.2, 0.25) is 0 Å². The maximum absolute atomic E-state index is 13.0. The molecule has 3 aromatic rings. The molecule has 0 aliphatic carbocycles. The zero-order valence-electron chi connectivity index (χ0n) is 15.5. The Morgan fingerprint density at radius 2 is 1.89 bits per heavy atom. The second-order valence-electron chi connectivity index (χ2n) is 6.11. The van der Waals surface area contributed by atoms with E-state index in [1.165, 1.54) is 19.2 Å². The predicted octanol–water partition coefficient (Wildman–Crippen LogP) is 4.36. The normalized spacial score (nSPS) is 10.5. The molecular formula is C20H22ClFN2O3. The number of aromatic nitrogens is 2. The highest BCUT2D eigenvalue weighted by Gasteiger charge is 2.17. The topological polar surface area (TPSA) is 53.4 Å². The van der Waals surface area contributed by atoms with Crippen LogP contribution in [0.2, 0.25) is 0 Å². The number of methoxy groups -OCH3 is 1. The Labute approximate surface area is 163 Å². The monoisotopic (exact) mass is 392 g/mol. The summed E-state index contributed by atoms with van der Waals surface area (Å²) in [6.45, 7) is 4.81. The summed E-state index contributed by atoms with van der Waals surface area (Å²) in [6.07, 6.45) is 1.98. The van der Waals surface area contributed by atoms with E-state index in [0.717, 1.165) is 27.9 Å². The van der Waals surface area contributed by atoms with Gasteiger partial charge in [-0.1, -0.05) is 12.1 Å². The van der Waals surface area contributed by atoms with Crippen molar-refractivity contribution in [1.82, 2.24) is 9.55 Å². The van der Waals surface area contributed by atoms with Crippen molar-refractivity contribution >= 4 is 29.4 Å². The summed E-state index contributed by atoms with van der Waals surface area (Å²) in [7, 11) is 1.38. The maximum atomic E-state index is 13.0. The molecule has 0 radical (unpaired) electrons. The van der Waals surface area contributed by atoms with Gasteiger partial charge in [0, 0.05) is 24.5 Å². The molecule has 2 heterocycles. The summed E-state index contributed by atoms with van der Waals surface area (Å²) in [4.78, 5) is 16.0. The van der Waals surface area contributed by atoms with Crippen LogP contribution >= 0.6 is 12.4 Å². The standard InChI is InChI=1S/C20H21FN2O3.ClH/c1-13-14(2)23(11-9-18(24)25-3)20-17(8-10-22-19(13)20)26-12-15-4-6-16(21)7-5-15;/h4-8,10H,9,11-12H2,1-3H3;1H. The molecule has 144 valence electrons. The van der Waals surface area contributed by atoms with Gasteiger partial charge in [-0.25, -0.2) is 4.39 Å². The molecule has 0 saturated heterocycles. The van der Waals surface area contributed by atoms with Crippen molar-refractivity contribution in [3.8, 4) is 5.75 Å². The zero-order chi connectivity index (χ0) is 18.7. The summed E-state index contributed by atoms with van der Waals surface area (Å²) in [5.41, 5.74) is 4.67. The Hall–Kier alpha value is -2.60. The Kier molecular flexibility index (Phi) is 6.80. The number of fused-ring (bicyclic) bond motifs is 1. The highest BCUT2D eigenvalue weighted by atomic mass is 35.5.